The van der Waals surface area contributed by atoms with Gasteiger partial charge in [0.25, 0.3) is 0 Å². The number of carbonyl (C=O) groups excluding carboxylic acids is 1. The number of benzene rings is 1. The minimum Gasteiger partial charge on any atom is -0.494 e. The van der Waals surface area contributed by atoms with E-state index in [1.165, 1.54) is 0 Å². The molecule has 0 spiro atoms. The van der Waals surface area contributed by atoms with Gasteiger partial charge in [-0.3, -0.25) is 4.79 Å². The fourth-order valence-corrected chi connectivity index (χ4v) is 1.95. The molecule has 0 aliphatic rings. The zero-order valence-corrected chi connectivity index (χ0v) is 14.8. The third-order valence-electron chi connectivity index (χ3n) is 3.36. The second kappa shape index (κ2) is 9.70. The number of ether oxygens (including phenoxy) is 1. The van der Waals surface area contributed by atoms with Crippen molar-refractivity contribution in [3.8, 4) is 5.75 Å². The lowest BCUT2D eigenvalue weighted by Crippen LogP contribution is -2.48. The monoisotopic (exact) mass is 328 g/mol. The number of halogens is 1. The van der Waals surface area contributed by atoms with Crippen molar-refractivity contribution in [2.24, 2.45) is 11.7 Å². The lowest BCUT2D eigenvalue weighted by molar-refractivity contribution is -0.120. The molecule has 1 unspecified atom stereocenters. The van der Waals surface area contributed by atoms with E-state index in [0.29, 0.717) is 18.9 Å². The zero-order chi connectivity index (χ0) is 15.9. The largest absolute Gasteiger partial charge is 0.494 e. The topological polar surface area (TPSA) is 64.4 Å². The first-order valence-corrected chi connectivity index (χ1v) is 7.68. The third-order valence-corrected chi connectivity index (χ3v) is 3.36. The number of nitrogens with two attached hydrogens (primary N) is 1. The molecule has 5 heteroatoms. The maximum Gasteiger partial charge on any atom is 0.244 e. The number of amides is 1. The van der Waals surface area contributed by atoms with Crippen LogP contribution in [-0.2, 0) is 4.79 Å². The fraction of sp³-hybridized carbons (Fsp3) is 0.588. The van der Waals surface area contributed by atoms with Gasteiger partial charge in [-0.05, 0) is 49.9 Å². The molecule has 4 nitrogen and oxygen atoms in total. The van der Waals surface area contributed by atoms with E-state index in [2.05, 4.69) is 19.2 Å². The van der Waals surface area contributed by atoms with E-state index in [1.54, 1.807) is 6.92 Å². The molecule has 22 heavy (non-hydrogen) atoms. The van der Waals surface area contributed by atoms with Gasteiger partial charge in [0.2, 0.25) is 5.91 Å². The Morgan fingerprint density at radius 3 is 2.41 bits per heavy atom. The van der Waals surface area contributed by atoms with Gasteiger partial charge >= 0.3 is 0 Å². The average Bonchev–Trinajstić information content (AvgIpc) is 2.40. The molecule has 0 saturated heterocycles. The molecule has 3 N–H and O–H groups in total. The smallest absolute Gasteiger partial charge is 0.244 e. The Balaban J connectivity index is 0.00000441. The minimum atomic E-state index is -0.832. The van der Waals surface area contributed by atoms with Crippen LogP contribution in [0.25, 0.3) is 0 Å². The predicted octanol–water partition coefficient (Wildman–Crippen LogP) is 3.99. The maximum absolute atomic E-state index is 12.1. The van der Waals surface area contributed by atoms with Crippen LogP contribution in [0.2, 0.25) is 0 Å². The Hall–Kier alpha value is -1.26. The van der Waals surface area contributed by atoms with E-state index in [1.807, 2.05) is 31.2 Å². The van der Waals surface area contributed by atoms with E-state index in [0.717, 1.165) is 24.3 Å². The van der Waals surface area contributed by atoms with Crippen LogP contribution in [-0.4, -0.2) is 18.1 Å². The maximum atomic E-state index is 12.1. The van der Waals surface area contributed by atoms with Crippen LogP contribution in [0.15, 0.2) is 24.3 Å². The quantitative estimate of drug-likeness (QED) is 0.758. The summed E-state index contributed by atoms with van der Waals surface area (Å²) in [5.74, 6) is 1.29. The molecule has 0 aliphatic heterocycles. The predicted molar refractivity (Wildman–Crippen MR) is 94.8 cm³/mol. The van der Waals surface area contributed by atoms with E-state index < -0.39 is 5.54 Å². The molecule has 1 amide bonds. The first kappa shape index (κ1) is 20.7. The van der Waals surface area contributed by atoms with Gasteiger partial charge in [-0.1, -0.05) is 27.2 Å². The molecule has 1 rings (SSSR count). The van der Waals surface area contributed by atoms with Crippen molar-refractivity contribution < 1.29 is 9.53 Å². The molecular weight excluding hydrogens is 300 g/mol. The van der Waals surface area contributed by atoms with Crippen LogP contribution in [0, 0.1) is 5.92 Å². The van der Waals surface area contributed by atoms with Gasteiger partial charge in [0.05, 0.1) is 12.1 Å². The number of carbonyl (C=O) groups is 1. The summed E-state index contributed by atoms with van der Waals surface area (Å²) < 4.78 is 5.65. The first-order valence-electron chi connectivity index (χ1n) is 7.68. The van der Waals surface area contributed by atoms with E-state index in [4.69, 9.17) is 10.5 Å². The number of hydrogen-bond acceptors (Lipinski definition) is 3. The lowest BCUT2D eigenvalue weighted by atomic mass is 9.96. The van der Waals surface area contributed by atoms with Crippen LogP contribution in [0.4, 0.5) is 5.69 Å². The van der Waals surface area contributed by atoms with Crippen molar-refractivity contribution >= 4 is 24.0 Å². The van der Waals surface area contributed by atoms with Gasteiger partial charge in [-0.2, -0.15) is 0 Å². The summed E-state index contributed by atoms with van der Waals surface area (Å²) in [4.78, 5) is 12.1. The van der Waals surface area contributed by atoms with Crippen LogP contribution < -0.4 is 15.8 Å². The molecule has 126 valence electrons. The Kier molecular flexibility index (Phi) is 9.14. The number of hydrogen-bond donors (Lipinski definition) is 2. The third kappa shape index (κ3) is 7.14. The van der Waals surface area contributed by atoms with Gasteiger partial charge in [0.1, 0.15) is 5.75 Å². The molecule has 0 saturated carbocycles. The van der Waals surface area contributed by atoms with Crippen LogP contribution in [0.3, 0.4) is 0 Å². The summed E-state index contributed by atoms with van der Waals surface area (Å²) in [7, 11) is 0. The van der Waals surface area contributed by atoms with Crippen molar-refractivity contribution in [1.29, 1.82) is 0 Å². The summed E-state index contributed by atoms with van der Waals surface area (Å²) in [6.07, 6.45) is 2.57. The van der Waals surface area contributed by atoms with Crippen molar-refractivity contribution in [3.05, 3.63) is 24.3 Å². The summed E-state index contributed by atoms with van der Waals surface area (Å²) in [6, 6.07) is 7.41. The van der Waals surface area contributed by atoms with Gasteiger partial charge in [-0.25, -0.2) is 0 Å². The van der Waals surface area contributed by atoms with Crippen molar-refractivity contribution in [2.75, 3.05) is 11.9 Å². The number of anilines is 1. The van der Waals surface area contributed by atoms with Crippen molar-refractivity contribution in [3.63, 3.8) is 0 Å². The van der Waals surface area contributed by atoms with Crippen molar-refractivity contribution in [2.45, 2.75) is 52.5 Å². The molecular formula is C17H29ClN2O2. The summed E-state index contributed by atoms with van der Waals surface area (Å²) in [5, 5.41) is 2.85. The molecule has 0 fully saturated rings. The standard InChI is InChI=1S/C17H28N2O2.ClH/c1-5-11-17(4,18)16(20)19-14-6-8-15(9-7-14)21-12-10-13(2)3;/h6-9,13H,5,10-12,18H2,1-4H3,(H,19,20);1H. The van der Waals surface area contributed by atoms with E-state index in [9.17, 15) is 4.79 Å². The molecule has 1 atom stereocenters. The zero-order valence-electron chi connectivity index (χ0n) is 14.0. The summed E-state index contributed by atoms with van der Waals surface area (Å²) in [6.45, 7) is 8.82. The van der Waals surface area contributed by atoms with Gasteiger partial charge in [0.15, 0.2) is 0 Å². The summed E-state index contributed by atoms with van der Waals surface area (Å²) in [5.41, 5.74) is 5.91. The van der Waals surface area contributed by atoms with Crippen LogP contribution >= 0.6 is 12.4 Å². The summed E-state index contributed by atoms with van der Waals surface area (Å²) >= 11 is 0. The Morgan fingerprint density at radius 2 is 1.91 bits per heavy atom. The van der Waals surface area contributed by atoms with Gasteiger partial charge in [0, 0.05) is 5.69 Å². The normalized spacial score (nSPS) is 13.2. The highest BCUT2D eigenvalue weighted by molar-refractivity contribution is 5.97. The van der Waals surface area contributed by atoms with E-state index in [-0.39, 0.29) is 18.3 Å². The number of nitrogens with one attached hydrogen (secondary N) is 1. The SMILES string of the molecule is CCCC(C)(N)C(=O)Nc1ccc(OCCC(C)C)cc1.Cl. The van der Waals surface area contributed by atoms with Gasteiger partial charge < -0.3 is 15.8 Å². The highest BCUT2D eigenvalue weighted by Crippen LogP contribution is 2.18. The molecule has 0 radical (unpaired) electrons. The van der Waals surface area contributed by atoms with Gasteiger partial charge in [-0.15, -0.1) is 12.4 Å². The van der Waals surface area contributed by atoms with E-state index >= 15 is 0 Å². The molecule has 0 bridgehead atoms. The molecule has 0 aromatic heterocycles. The Morgan fingerprint density at radius 1 is 1.32 bits per heavy atom. The highest BCUT2D eigenvalue weighted by atomic mass is 35.5. The second-order valence-corrected chi connectivity index (χ2v) is 6.18. The molecule has 0 aliphatic carbocycles. The average molecular weight is 329 g/mol. The molecule has 1 aromatic rings. The lowest BCUT2D eigenvalue weighted by Gasteiger charge is -2.22. The minimum absolute atomic E-state index is 0. The Bertz CT molecular complexity index is 444. The number of rotatable bonds is 8. The fourth-order valence-electron chi connectivity index (χ4n) is 1.95. The van der Waals surface area contributed by atoms with Crippen molar-refractivity contribution in [1.82, 2.24) is 0 Å². The van der Waals surface area contributed by atoms with Crippen LogP contribution in [0.1, 0.15) is 47.0 Å². The first-order chi connectivity index (χ1) is 9.85. The Labute approximate surface area is 140 Å². The van der Waals surface area contributed by atoms with Crippen LogP contribution in [0.5, 0.6) is 5.75 Å². The molecule has 1 aromatic carbocycles. The molecule has 0 heterocycles. The second-order valence-electron chi connectivity index (χ2n) is 6.18. The highest BCUT2D eigenvalue weighted by Gasteiger charge is 2.27.